The van der Waals surface area contributed by atoms with Gasteiger partial charge < -0.3 is 10.4 Å². The van der Waals surface area contributed by atoms with Gasteiger partial charge in [0.2, 0.25) is 0 Å². The predicted octanol–water partition coefficient (Wildman–Crippen LogP) is 3.25. The Balaban J connectivity index is 1.71. The van der Waals surface area contributed by atoms with Gasteiger partial charge in [0.25, 0.3) is 0 Å². The second kappa shape index (κ2) is 4.78. The fraction of sp³-hybridized carbons (Fsp3) is 0.600. The van der Waals surface area contributed by atoms with Gasteiger partial charge in [-0.1, -0.05) is 6.07 Å². The summed E-state index contributed by atoms with van der Waals surface area (Å²) in [6, 6.07) is 6.34. The van der Waals surface area contributed by atoms with Gasteiger partial charge in [0.05, 0.1) is 0 Å². The number of benzene rings is 1. The van der Waals surface area contributed by atoms with Crippen LogP contribution in [0.25, 0.3) is 0 Å². The molecule has 3 heteroatoms. The lowest BCUT2D eigenvalue weighted by Crippen LogP contribution is -2.31. The van der Waals surface area contributed by atoms with Crippen LogP contribution in [0.4, 0.5) is 0 Å². The lowest BCUT2D eigenvalue weighted by atomic mass is 9.87. The molecule has 1 atom stereocenters. The molecule has 1 unspecified atom stereocenters. The fourth-order valence-electron chi connectivity index (χ4n) is 2.91. The van der Waals surface area contributed by atoms with Gasteiger partial charge >= 0.3 is 0 Å². The first-order valence-corrected chi connectivity index (χ1v) is 8.05. The third kappa shape index (κ3) is 2.39. The SMILES string of the molecule is CSC1(CNC2CCCc3cc(O)ccc32)CC1. The van der Waals surface area contributed by atoms with Crippen LogP contribution >= 0.6 is 11.8 Å². The molecule has 0 saturated heterocycles. The zero-order chi connectivity index (χ0) is 12.6. The molecule has 0 radical (unpaired) electrons. The van der Waals surface area contributed by atoms with Gasteiger partial charge in [-0.15, -0.1) is 0 Å². The summed E-state index contributed by atoms with van der Waals surface area (Å²) in [5.74, 6) is 0.400. The first-order valence-electron chi connectivity index (χ1n) is 6.83. The monoisotopic (exact) mass is 263 g/mol. The van der Waals surface area contributed by atoms with E-state index in [2.05, 4.69) is 17.6 Å². The standard InChI is InChI=1S/C15H21NOS/c1-18-15(7-8-15)10-16-14-4-2-3-11-9-12(17)5-6-13(11)14/h5-6,9,14,16-17H,2-4,7-8,10H2,1H3. The molecule has 0 aromatic heterocycles. The zero-order valence-corrected chi connectivity index (χ0v) is 11.7. The molecule has 2 nitrogen and oxygen atoms in total. The number of rotatable bonds is 4. The van der Waals surface area contributed by atoms with Crippen molar-refractivity contribution in [2.45, 2.75) is 42.9 Å². The molecular formula is C15H21NOS. The number of hydrogen-bond donors (Lipinski definition) is 2. The molecule has 0 aliphatic heterocycles. The van der Waals surface area contributed by atoms with Gasteiger partial charge in [-0.2, -0.15) is 11.8 Å². The first-order chi connectivity index (χ1) is 8.72. The minimum absolute atomic E-state index is 0.400. The smallest absolute Gasteiger partial charge is 0.115 e. The van der Waals surface area contributed by atoms with Crippen molar-refractivity contribution in [2.24, 2.45) is 0 Å². The Labute approximate surface area is 113 Å². The van der Waals surface area contributed by atoms with E-state index in [1.165, 1.54) is 36.8 Å². The van der Waals surface area contributed by atoms with Gasteiger partial charge in [-0.3, -0.25) is 0 Å². The molecule has 3 rings (SSSR count). The van der Waals surface area contributed by atoms with Crippen LogP contribution in [0.5, 0.6) is 5.75 Å². The van der Waals surface area contributed by atoms with Crippen LogP contribution in [0.2, 0.25) is 0 Å². The molecule has 0 amide bonds. The fourth-order valence-corrected chi connectivity index (χ4v) is 3.65. The summed E-state index contributed by atoms with van der Waals surface area (Å²) >= 11 is 2.01. The number of fused-ring (bicyclic) bond motifs is 1. The maximum atomic E-state index is 9.56. The largest absolute Gasteiger partial charge is 0.508 e. The van der Waals surface area contributed by atoms with E-state index in [1.54, 1.807) is 0 Å². The second-order valence-electron chi connectivity index (χ2n) is 5.60. The highest BCUT2D eigenvalue weighted by Gasteiger charge is 2.42. The number of nitrogens with one attached hydrogen (secondary N) is 1. The molecule has 2 aliphatic carbocycles. The highest BCUT2D eigenvalue weighted by molar-refractivity contribution is 8.00. The zero-order valence-electron chi connectivity index (χ0n) is 10.9. The van der Waals surface area contributed by atoms with E-state index < -0.39 is 0 Å². The van der Waals surface area contributed by atoms with Gasteiger partial charge in [0.15, 0.2) is 0 Å². The van der Waals surface area contributed by atoms with Gasteiger partial charge in [0.1, 0.15) is 5.75 Å². The van der Waals surface area contributed by atoms with Crippen molar-refractivity contribution < 1.29 is 5.11 Å². The molecule has 1 aromatic carbocycles. The average Bonchev–Trinajstić information content (AvgIpc) is 3.16. The molecule has 0 bridgehead atoms. The summed E-state index contributed by atoms with van der Waals surface area (Å²) in [6.45, 7) is 1.12. The lowest BCUT2D eigenvalue weighted by molar-refractivity contribution is 0.448. The Morgan fingerprint density at radius 3 is 3.00 bits per heavy atom. The van der Waals surface area contributed by atoms with E-state index in [1.807, 2.05) is 23.9 Å². The number of hydrogen-bond acceptors (Lipinski definition) is 3. The minimum atomic E-state index is 0.400. The Kier molecular flexibility index (Phi) is 3.29. The van der Waals surface area contributed by atoms with Crippen LogP contribution in [-0.2, 0) is 6.42 Å². The van der Waals surface area contributed by atoms with Gasteiger partial charge in [-0.25, -0.2) is 0 Å². The van der Waals surface area contributed by atoms with Crippen molar-refractivity contribution in [3.63, 3.8) is 0 Å². The average molecular weight is 263 g/mol. The van der Waals surface area contributed by atoms with Crippen molar-refractivity contribution in [1.82, 2.24) is 5.32 Å². The van der Waals surface area contributed by atoms with Crippen LogP contribution in [0, 0.1) is 0 Å². The van der Waals surface area contributed by atoms with Crippen LogP contribution in [0.3, 0.4) is 0 Å². The summed E-state index contributed by atoms with van der Waals surface area (Å²) in [4.78, 5) is 0. The molecule has 0 spiro atoms. The third-order valence-electron chi connectivity index (χ3n) is 4.35. The molecule has 2 N–H and O–H groups in total. The van der Waals surface area contributed by atoms with E-state index in [9.17, 15) is 5.11 Å². The van der Waals surface area contributed by atoms with E-state index in [0.717, 1.165) is 13.0 Å². The van der Waals surface area contributed by atoms with Crippen LogP contribution in [0.1, 0.15) is 42.9 Å². The summed E-state index contributed by atoms with van der Waals surface area (Å²) in [5.41, 5.74) is 2.73. The van der Waals surface area contributed by atoms with Crippen molar-refractivity contribution in [1.29, 1.82) is 0 Å². The molecule has 98 valence electrons. The molecule has 1 aromatic rings. The topological polar surface area (TPSA) is 32.3 Å². The normalized spacial score (nSPS) is 24.6. The maximum absolute atomic E-state index is 9.56. The van der Waals surface area contributed by atoms with E-state index in [4.69, 9.17) is 0 Å². The van der Waals surface area contributed by atoms with Crippen molar-refractivity contribution in [3.8, 4) is 5.75 Å². The number of phenols is 1. The molecular weight excluding hydrogens is 242 g/mol. The highest BCUT2D eigenvalue weighted by atomic mass is 32.2. The molecule has 1 fully saturated rings. The Hall–Kier alpha value is -0.670. The maximum Gasteiger partial charge on any atom is 0.115 e. The summed E-state index contributed by atoms with van der Waals surface area (Å²) in [6.07, 6.45) is 8.49. The van der Waals surface area contributed by atoms with Gasteiger partial charge in [-0.05, 0) is 61.6 Å². The number of phenolic OH excluding ortho intramolecular Hbond substituents is 1. The van der Waals surface area contributed by atoms with Crippen molar-refractivity contribution in [2.75, 3.05) is 12.8 Å². The Morgan fingerprint density at radius 1 is 1.44 bits per heavy atom. The lowest BCUT2D eigenvalue weighted by Gasteiger charge is -2.28. The number of thioether (sulfide) groups is 1. The molecule has 0 heterocycles. The van der Waals surface area contributed by atoms with Crippen LogP contribution < -0.4 is 5.32 Å². The molecule has 18 heavy (non-hydrogen) atoms. The van der Waals surface area contributed by atoms with Crippen LogP contribution in [-0.4, -0.2) is 22.7 Å². The first kappa shape index (κ1) is 12.4. The van der Waals surface area contributed by atoms with E-state index in [0.29, 0.717) is 16.5 Å². The quantitative estimate of drug-likeness (QED) is 0.874. The number of aromatic hydroxyl groups is 1. The molecule has 1 saturated carbocycles. The summed E-state index contributed by atoms with van der Waals surface area (Å²) < 4.78 is 0.522. The second-order valence-corrected chi connectivity index (χ2v) is 6.87. The summed E-state index contributed by atoms with van der Waals surface area (Å²) in [7, 11) is 0. The van der Waals surface area contributed by atoms with Gasteiger partial charge in [0, 0.05) is 17.3 Å². The Morgan fingerprint density at radius 2 is 2.28 bits per heavy atom. The van der Waals surface area contributed by atoms with Crippen LogP contribution in [0.15, 0.2) is 18.2 Å². The third-order valence-corrected chi connectivity index (χ3v) is 5.77. The van der Waals surface area contributed by atoms with Crippen molar-refractivity contribution >= 4 is 11.8 Å². The minimum Gasteiger partial charge on any atom is -0.508 e. The summed E-state index contributed by atoms with van der Waals surface area (Å²) in [5, 5.41) is 13.3. The highest BCUT2D eigenvalue weighted by Crippen LogP contribution is 2.47. The van der Waals surface area contributed by atoms with E-state index >= 15 is 0 Å². The molecule has 2 aliphatic rings. The Bertz CT molecular complexity index is 442. The van der Waals surface area contributed by atoms with Crippen molar-refractivity contribution in [3.05, 3.63) is 29.3 Å². The van der Waals surface area contributed by atoms with E-state index in [-0.39, 0.29) is 0 Å². The number of aryl methyl sites for hydroxylation is 1. The predicted molar refractivity (Wildman–Crippen MR) is 77.3 cm³/mol.